The summed E-state index contributed by atoms with van der Waals surface area (Å²) in [6, 6.07) is 9.94. The van der Waals surface area contributed by atoms with Crippen molar-refractivity contribution >= 4 is 17.6 Å². The van der Waals surface area contributed by atoms with Gasteiger partial charge in [0.05, 0.1) is 6.04 Å². The summed E-state index contributed by atoms with van der Waals surface area (Å²) in [5.41, 5.74) is 0.904. The average molecular weight is 327 g/mol. The number of amides is 3. The Hall–Kier alpha value is -2.04. The fourth-order valence-electron chi connectivity index (χ4n) is 3.97. The number of carbonyl (C=O) groups excluding carboxylic acids is 2. The largest absolute Gasteiger partial charge is 0.333 e. The van der Waals surface area contributed by atoms with Gasteiger partial charge in [-0.25, -0.2) is 4.79 Å². The molecule has 0 spiro atoms. The number of nitrogens with one attached hydrogen (secondary N) is 1. The predicted molar refractivity (Wildman–Crippen MR) is 92.7 cm³/mol. The summed E-state index contributed by atoms with van der Waals surface area (Å²) in [6.45, 7) is 0.556. The van der Waals surface area contributed by atoms with Crippen LogP contribution in [0.4, 0.5) is 10.5 Å². The van der Waals surface area contributed by atoms with Crippen LogP contribution in [0.1, 0.15) is 32.1 Å². The summed E-state index contributed by atoms with van der Waals surface area (Å²) in [5, 5.41) is 3.08. The van der Waals surface area contributed by atoms with E-state index in [2.05, 4.69) is 5.32 Å². The van der Waals surface area contributed by atoms with Crippen LogP contribution in [0, 0.1) is 11.8 Å². The molecular formula is C19H25N3O2. The fourth-order valence-corrected chi connectivity index (χ4v) is 3.97. The highest BCUT2D eigenvalue weighted by atomic mass is 16.2. The molecule has 0 unspecified atom stereocenters. The van der Waals surface area contributed by atoms with Gasteiger partial charge in [-0.1, -0.05) is 18.2 Å². The predicted octanol–water partition coefficient (Wildman–Crippen LogP) is 2.62. The number of para-hydroxylation sites is 1. The van der Waals surface area contributed by atoms with Gasteiger partial charge in [0.15, 0.2) is 0 Å². The van der Waals surface area contributed by atoms with Gasteiger partial charge in [0, 0.05) is 31.7 Å². The van der Waals surface area contributed by atoms with Crippen molar-refractivity contribution in [1.82, 2.24) is 10.2 Å². The maximum Gasteiger partial charge on any atom is 0.317 e. The van der Waals surface area contributed by atoms with Gasteiger partial charge in [-0.2, -0.15) is 0 Å². The molecule has 1 saturated heterocycles. The minimum Gasteiger partial charge on any atom is -0.333 e. The quantitative estimate of drug-likeness (QED) is 0.904. The van der Waals surface area contributed by atoms with Crippen molar-refractivity contribution in [1.29, 1.82) is 0 Å². The van der Waals surface area contributed by atoms with Crippen LogP contribution in [0.2, 0.25) is 0 Å². The van der Waals surface area contributed by atoms with Crippen molar-refractivity contribution in [2.45, 2.75) is 44.2 Å². The molecule has 5 heteroatoms. The van der Waals surface area contributed by atoms with Gasteiger partial charge >= 0.3 is 6.03 Å². The summed E-state index contributed by atoms with van der Waals surface area (Å²) >= 11 is 0. The summed E-state index contributed by atoms with van der Waals surface area (Å²) in [7, 11) is 1.92. The molecule has 1 aromatic rings. The van der Waals surface area contributed by atoms with Gasteiger partial charge in [0.2, 0.25) is 5.91 Å². The Kier molecular flexibility index (Phi) is 3.94. The highest BCUT2D eigenvalue weighted by molar-refractivity contribution is 5.96. The zero-order chi connectivity index (χ0) is 16.7. The highest BCUT2D eigenvalue weighted by Gasteiger charge is 2.45. The van der Waals surface area contributed by atoms with E-state index in [0.717, 1.165) is 5.69 Å². The molecule has 1 heterocycles. The smallest absolute Gasteiger partial charge is 0.317 e. The Labute approximate surface area is 143 Å². The molecule has 1 N–H and O–H groups in total. The molecule has 24 heavy (non-hydrogen) atoms. The van der Waals surface area contributed by atoms with Gasteiger partial charge in [-0.3, -0.25) is 4.79 Å². The fraction of sp³-hybridized carbons (Fsp3) is 0.579. The number of urea groups is 1. The maximum absolute atomic E-state index is 12.6. The molecule has 1 aliphatic heterocycles. The Morgan fingerprint density at radius 3 is 2.38 bits per heavy atom. The van der Waals surface area contributed by atoms with E-state index in [-0.39, 0.29) is 18.0 Å². The number of benzene rings is 1. The first-order valence-electron chi connectivity index (χ1n) is 9.02. The van der Waals surface area contributed by atoms with E-state index < -0.39 is 0 Å². The average Bonchev–Trinajstić information content (AvgIpc) is 3.49. The second-order valence-electron chi connectivity index (χ2n) is 7.47. The first kappa shape index (κ1) is 15.5. The maximum atomic E-state index is 12.6. The third-order valence-electron chi connectivity index (χ3n) is 5.50. The first-order valence-corrected chi connectivity index (χ1v) is 9.02. The third-order valence-corrected chi connectivity index (χ3v) is 5.50. The molecule has 0 bridgehead atoms. The molecule has 1 atom stereocenters. The SMILES string of the molecule is CN(C(=O)N[C@@H]1CC(=O)N(c2ccccc2)C1)C(C1CC1)C1CC1. The molecule has 0 aromatic heterocycles. The van der Waals surface area contributed by atoms with Crippen LogP contribution in [-0.2, 0) is 4.79 Å². The van der Waals surface area contributed by atoms with E-state index in [1.54, 1.807) is 4.90 Å². The molecule has 3 fully saturated rings. The Morgan fingerprint density at radius 1 is 1.17 bits per heavy atom. The lowest BCUT2D eigenvalue weighted by molar-refractivity contribution is -0.117. The molecule has 1 aromatic carbocycles. The van der Waals surface area contributed by atoms with E-state index in [1.807, 2.05) is 42.3 Å². The molecule has 2 aliphatic carbocycles. The van der Waals surface area contributed by atoms with Gasteiger partial charge < -0.3 is 15.1 Å². The van der Waals surface area contributed by atoms with Gasteiger partial charge in [0.1, 0.15) is 0 Å². The van der Waals surface area contributed by atoms with Gasteiger partial charge in [-0.15, -0.1) is 0 Å². The van der Waals surface area contributed by atoms with Crippen LogP contribution in [0.5, 0.6) is 0 Å². The van der Waals surface area contributed by atoms with Crippen molar-refractivity contribution < 1.29 is 9.59 Å². The van der Waals surface area contributed by atoms with Crippen LogP contribution in [-0.4, -0.2) is 42.5 Å². The minimum atomic E-state index is -0.105. The summed E-state index contributed by atoms with van der Waals surface area (Å²) in [4.78, 5) is 28.6. The lowest BCUT2D eigenvalue weighted by Crippen LogP contribution is -2.49. The highest BCUT2D eigenvalue weighted by Crippen LogP contribution is 2.46. The van der Waals surface area contributed by atoms with E-state index in [4.69, 9.17) is 0 Å². The van der Waals surface area contributed by atoms with Crippen molar-refractivity contribution in [3.05, 3.63) is 30.3 Å². The summed E-state index contributed by atoms with van der Waals surface area (Å²) < 4.78 is 0. The number of hydrogen-bond donors (Lipinski definition) is 1. The molecule has 3 aliphatic rings. The van der Waals surface area contributed by atoms with E-state index in [9.17, 15) is 9.59 Å². The van der Waals surface area contributed by atoms with Crippen LogP contribution < -0.4 is 10.2 Å². The zero-order valence-corrected chi connectivity index (χ0v) is 14.1. The van der Waals surface area contributed by atoms with Crippen LogP contribution in [0.25, 0.3) is 0 Å². The zero-order valence-electron chi connectivity index (χ0n) is 14.1. The Balaban J connectivity index is 1.37. The molecular weight excluding hydrogens is 302 g/mol. The summed E-state index contributed by atoms with van der Waals surface area (Å²) in [6.07, 6.45) is 5.39. The standard InChI is InChI=1S/C19H25N3O2/c1-21(18(13-7-8-13)14-9-10-14)19(24)20-15-11-17(23)22(12-15)16-5-3-2-4-6-16/h2-6,13-15,18H,7-12H2,1H3,(H,20,24)/t15-/m1/s1. The molecule has 5 nitrogen and oxygen atoms in total. The lowest BCUT2D eigenvalue weighted by Gasteiger charge is -2.29. The molecule has 3 amide bonds. The number of rotatable bonds is 5. The number of hydrogen-bond acceptors (Lipinski definition) is 2. The second kappa shape index (κ2) is 6.11. The molecule has 2 saturated carbocycles. The third kappa shape index (κ3) is 3.12. The van der Waals surface area contributed by atoms with E-state index >= 15 is 0 Å². The lowest BCUT2D eigenvalue weighted by atomic mass is 10.1. The minimum absolute atomic E-state index is 0.0217. The first-order chi connectivity index (χ1) is 11.6. The molecule has 4 rings (SSSR count). The van der Waals surface area contributed by atoms with Crippen molar-refractivity contribution in [3.8, 4) is 0 Å². The Bertz CT molecular complexity index is 613. The number of carbonyl (C=O) groups is 2. The van der Waals surface area contributed by atoms with Crippen LogP contribution in [0.15, 0.2) is 30.3 Å². The van der Waals surface area contributed by atoms with E-state index in [1.165, 1.54) is 25.7 Å². The van der Waals surface area contributed by atoms with Gasteiger partial charge in [0.25, 0.3) is 0 Å². The van der Waals surface area contributed by atoms with Crippen LogP contribution >= 0.6 is 0 Å². The summed E-state index contributed by atoms with van der Waals surface area (Å²) in [5.74, 6) is 1.47. The Morgan fingerprint density at radius 2 is 1.79 bits per heavy atom. The molecule has 128 valence electrons. The second-order valence-corrected chi connectivity index (χ2v) is 7.47. The van der Waals surface area contributed by atoms with Crippen molar-refractivity contribution in [2.24, 2.45) is 11.8 Å². The van der Waals surface area contributed by atoms with Crippen molar-refractivity contribution in [3.63, 3.8) is 0 Å². The normalized spacial score (nSPS) is 23.7. The van der Waals surface area contributed by atoms with E-state index in [0.29, 0.717) is 30.8 Å². The van der Waals surface area contributed by atoms with Gasteiger partial charge in [-0.05, 0) is 49.7 Å². The number of anilines is 1. The van der Waals surface area contributed by atoms with Crippen molar-refractivity contribution in [2.75, 3.05) is 18.5 Å². The monoisotopic (exact) mass is 327 g/mol. The topological polar surface area (TPSA) is 52.7 Å². The van der Waals surface area contributed by atoms with Crippen LogP contribution in [0.3, 0.4) is 0 Å². The number of nitrogens with zero attached hydrogens (tertiary/aromatic N) is 2. The molecule has 0 radical (unpaired) electrons.